The van der Waals surface area contributed by atoms with Gasteiger partial charge in [-0.05, 0) is 49.7 Å². The maximum Gasteiger partial charge on any atom is 0.387 e. The number of carbonyl (C=O) groups excluding carboxylic acids is 1. The van der Waals surface area contributed by atoms with Gasteiger partial charge in [0.15, 0.2) is 0 Å². The van der Waals surface area contributed by atoms with Crippen LogP contribution >= 0.6 is 0 Å². The van der Waals surface area contributed by atoms with Crippen LogP contribution in [0.3, 0.4) is 0 Å². The van der Waals surface area contributed by atoms with E-state index >= 15 is 0 Å². The van der Waals surface area contributed by atoms with Crippen LogP contribution in [0.1, 0.15) is 40.7 Å². The number of carbonyl (C=O) groups is 1. The molecule has 1 N–H and O–H groups in total. The second kappa shape index (κ2) is 9.46. The Hall–Kier alpha value is -2.47. The molecule has 2 aromatic carbocycles. The van der Waals surface area contributed by atoms with Gasteiger partial charge in [0, 0.05) is 24.2 Å². The van der Waals surface area contributed by atoms with Crippen LogP contribution in [-0.4, -0.2) is 30.5 Å². The van der Waals surface area contributed by atoms with Crippen molar-refractivity contribution >= 4 is 5.91 Å². The van der Waals surface area contributed by atoms with Crippen LogP contribution in [0.4, 0.5) is 8.78 Å². The first-order valence-corrected chi connectivity index (χ1v) is 9.24. The molecule has 0 atom stereocenters. The summed E-state index contributed by atoms with van der Waals surface area (Å²) in [6.07, 6.45) is 3.80. The standard InChI is InChI=1S/C21H24F2N2O2/c22-21(23)27-19-7-3-2-6-18(19)14-24-20(26)17-10-8-16(9-11-17)15-25-12-4-1-5-13-25/h2-3,6-11,21H,1,4-5,12-15H2,(H,24,26). The van der Waals surface area contributed by atoms with Gasteiger partial charge in [0.05, 0.1) is 0 Å². The van der Waals surface area contributed by atoms with Crippen LogP contribution in [0.2, 0.25) is 0 Å². The smallest absolute Gasteiger partial charge is 0.387 e. The summed E-state index contributed by atoms with van der Waals surface area (Å²) in [7, 11) is 0. The molecule has 1 aliphatic heterocycles. The molecule has 1 amide bonds. The quantitative estimate of drug-likeness (QED) is 0.790. The summed E-state index contributed by atoms with van der Waals surface area (Å²) in [6, 6.07) is 14.0. The molecule has 6 heteroatoms. The molecular weight excluding hydrogens is 350 g/mol. The Labute approximate surface area is 158 Å². The number of piperidine rings is 1. The number of hydrogen-bond donors (Lipinski definition) is 1. The number of rotatable bonds is 7. The van der Waals surface area contributed by atoms with Gasteiger partial charge in [0.1, 0.15) is 5.75 Å². The van der Waals surface area contributed by atoms with Gasteiger partial charge in [0.2, 0.25) is 0 Å². The van der Waals surface area contributed by atoms with Gasteiger partial charge >= 0.3 is 6.61 Å². The van der Waals surface area contributed by atoms with E-state index in [1.165, 1.54) is 30.9 Å². The normalized spacial score (nSPS) is 14.9. The van der Waals surface area contributed by atoms with E-state index in [1.807, 2.05) is 12.1 Å². The molecule has 0 spiro atoms. The maximum absolute atomic E-state index is 12.5. The van der Waals surface area contributed by atoms with Crippen molar-refractivity contribution < 1.29 is 18.3 Å². The molecule has 1 heterocycles. The third-order valence-corrected chi connectivity index (χ3v) is 4.70. The van der Waals surface area contributed by atoms with Crippen molar-refractivity contribution in [2.45, 2.75) is 39.0 Å². The summed E-state index contributed by atoms with van der Waals surface area (Å²) in [6.45, 7) is 0.386. The van der Waals surface area contributed by atoms with E-state index in [1.54, 1.807) is 30.3 Å². The number of likely N-dealkylation sites (tertiary alicyclic amines) is 1. The fraction of sp³-hybridized carbons (Fsp3) is 0.381. The highest BCUT2D eigenvalue weighted by molar-refractivity contribution is 5.94. The number of benzene rings is 2. The summed E-state index contributed by atoms with van der Waals surface area (Å²) in [5, 5.41) is 2.76. The molecule has 1 fully saturated rings. The Morgan fingerprint density at radius 2 is 1.74 bits per heavy atom. The fourth-order valence-electron chi connectivity index (χ4n) is 3.28. The second-order valence-corrected chi connectivity index (χ2v) is 6.70. The average Bonchev–Trinajstić information content (AvgIpc) is 2.68. The van der Waals surface area contributed by atoms with Crippen molar-refractivity contribution in [1.82, 2.24) is 10.2 Å². The van der Waals surface area contributed by atoms with Crippen LogP contribution in [0, 0.1) is 0 Å². The molecule has 144 valence electrons. The Morgan fingerprint density at radius 3 is 2.44 bits per heavy atom. The topological polar surface area (TPSA) is 41.6 Å². The highest BCUT2D eigenvalue weighted by Gasteiger charge is 2.13. The van der Waals surface area contributed by atoms with Crippen molar-refractivity contribution in [1.29, 1.82) is 0 Å². The van der Waals surface area contributed by atoms with E-state index in [0.29, 0.717) is 11.1 Å². The van der Waals surface area contributed by atoms with E-state index in [4.69, 9.17) is 0 Å². The lowest BCUT2D eigenvalue weighted by molar-refractivity contribution is -0.0504. The molecule has 3 rings (SSSR count). The second-order valence-electron chi connectivity index (χ2n) is 6.70. The molecule has 1 aliphatic rings. The summed E-state index contributed by atoms with van der Waals surface area (Å²) in [4.78, 5) is 14.8. The van der Waals surface area contributed by atoms with Gasteiger partial charge in [-0.2, -0.15) is 8.78 Å². The zero-order chi connectivity index (χ0) is 19.1. The van der Waals surface area contributed by atoms with E-state index in [-0.39, 0.29) is 18.2 Å². The highest BCUT2D eigenvalue weighted by Crippen LogP contribution is 2.20. The molecule has 0 bridgehead atoms. The zero-order valence-corrected chi connectivity index (χ0v) is 15.2. The molecule has 4 nitrogen and oxygen atoms in total. The largest absolute Gasteiger partial charge is 0.434 e. The van der Waals surface area contributed by atoms with Crippen LogP contribution < -0.4 is 10.1 Å². The minimum absolute atomic E-state index is 0.0738. The van der Waals surface area contributed by atoms with E-state index in [0.717, 1.165) is 19.6 Å². The van der Waals surface area contributed by atoms with Crippen molar-refractivity contribution in [2.75, 3.05) is 13.1 Å². The van der Waals surface area contributed by atoms with Crippen LogP contribution in [0.25, 0.3) is 0 Å². The monoisotopic (exact) mass is 374 g/mol. The number of alkyl halides is 2. The molecule has 0 saturated carbocycles. The summed E-state index contributed by atoms with van der Waals surface area (Å²) in [5.74, 6) is -0.170. The van der Waals surface area contributed by atoms with Gasteiger partial charge in [-0.3, -0.25) is 9.69 Å². The molecule has 27 heavy (non-hydrogen) atoms. The Morgan fingerprint density at radius 1 is 1.04 bits per heavy atom. The first-order valence-electron chi connectivity index (χ1n) is 9.24. The summed E-state index contributed by atoms with van der Waals surface area (Å²) in [5.41, 5.74) is 2.24. The number of para-hydroxylation sites is 1. The van der Waals surface area contributed by atoms with Gasteiger partial charge in [-0.25, -0.2) is 0 Å². The number of nitrogens with one attached hydrogen (secondary N) is 1. The maximum atomic E-state index is 12.5. The number of hydrogen-bond acceptors (Lipinski definition) is 3. The molecule has 0 aliphatic carbocycles. The Bertz CT molecular complexity index is 744. The first kappa shape index (κ1) is 19.3. The number of amides is 1. The lowest BCUT2D eigenvalue weighted by Gasteiger charge is -2.26. The highest BCUT2D eigenvalue weighted by atomic mass is 19.3. The van der Waals surface area contributed by atoms with Crippen LogP contribution in [-0.2, 0) is 13.1 Å². The van der Waals surface area contributed by atoms with Gasteiger partial charge < -0.3 is 10.1 Å². The van der Waals surface area contributed by atoms with Crippen molar-refractivity contribution in [3.8, 4) is 5.75 Å². The Balaban J connectivity index is 1.55. The van der Waals surface area contributed by atoms with Gasteiger partial charge in [-0.15, -0.1) is 0 Å². The van der Waals surface area contributed by atoms with Crippen molar-refractivity contribution in [3.05, 3.63) is 65.2 Å². The van der Waals surface area contributed by atoms with Crippen LogP contribution in [0.15, 0.2) is 48.5 Å². The minimum Gasteiger partial charge on any atom is -0.434 e. The zero-order valence-electron chi connectivity index (χ0n) is 15.2. The number of halogens is 2. The minimum atomic E-state index is -2.89. The van der Waals surface area contributed by atoms with Gasteiger partial charge in [-0.1, -0.05) is 36.8 Å². The van der Waals surface area contributed by atoms with E-state index in [9.17, 15) is 13.6 Å². The SMILES string of the molecule is O=C(NCc1ccccc1OC(F)F)c1ccc(CN2CCCCC2)cc1. The van der Waals surface area contributed by atoms with Crippen LogP contribution in [0.5, 0.6) is 5.75 Å². The summed E-state index contributed by atoms with van der Waals surface area (Å²) >= 11 is 0. The van der Waals surface area contributed by atoms with E-state index < -0.39 is 6.61 Å². The number of ether oxygens (including phenoxy) is 1. The predicted octanol–water partition coefficient (Wildman–Crippen LogP) is 4.20. The average molecular weight is 374 g/mol. The molecule has 2 aromatic rings. The molecule has 0 aromatic heterocycles. The lowest BCUT2D eigenvalue weighted by atomic mass is 10.1. The molecular formula is C21H24F2N2O2. The number of nitrogens with zero attached hydrogens (tertiary/aromatic N) is 1. The lowest BCUT2D eigenvalue weighted by Crippen LogP contribution is -2.29. The van der Waals surface area contributed by atoms with E-state index in [2.05, 4.69) is 15.0 Å². The molecule has 1 saturated heterocycles. The fourth-order valence-corrected chi connectivity index (χ4v) is 3.28. The predicted molar refractivity (Wildman–Crippen MR) is 99.8 cm³/mol. The first-order chi connectivity index (χ1) is 13.1. The molecule has 0 unspecified atom stereocenters. The van der Waals surface area contributed by atoms with Gasteiger partial charge in [0.25, 0.3) is 5.91 Å². The third kappa shape index (κ3) is 5.76. The van der Waals surface area contributed by atoms with Crippen molar-refractivity contribution in [3.63, 3.8) is 0 Å². The van der Waals surface area contributed by atoms with Crippen molar-refractivity contribution in [2.24, 2.45) is 0 Å². The summed E-state index contributed by atoms with van der Waals surface area (Å²) < 4.78 is 29.4. The Kier molecular flexibility index (Phi) is 6.76. The molecule has 0 radical (unpaired) electrons. The third-order valence-electron chi connectivity index (χ3n) is 4.70.